The number of alkyl halides is 3. The van der Waals surface area contributed by atoms with E-state index in [4.69, 9.17) is 4.74 Å². The molecule has 1 aliphatic heterocycles. The number of sulfonamides is 1. The lowest BCUT2D eigenvalue weighted by atomic mass is 9.95. The van der Waals surface area contributed by atoms with Crippen LogP contribution in [0.25, 0.3) is 11.3 Å². The first-order valence-corrected chi connectivity index (χ1v) is 15.7. The average Bonchev–Trinajstić information content (AvgIpc) is 3.43. The quantitative estimate of drug-likeness (QED) is 0.237. The van der Waals surface area contributed by atoms with Gasteiger partial charge < -0.3 is 15.0 Å². The van der Waals surface area contributed by atoms with Crippen molar-refractivity contribution in [1.29, 1.82) is 0 Å². The fourth-order valence-electron chi connectivity index (χ4n) is 4.90. The van der Waals surface area contributed by atoms with Crippen LogP contribution in [0.15, 0.2) is 65.8 Å². The highest BCUT2D eigenvalue weighted by atomic mass is 32.2. The van der Waals surface area contributed by atoms with Crippen molar-refractivity contribution in [3.8, 4) is 22.9 Å². The Morgan fingerprint density at radius 3 is 2.39 bits per heavy atom. The number of hydrogen-bond acceptors (Lipinski definition) is 8. The summed E-state index contributed by atoms with van der Waals surface area (Å²) < 4.78 is 80.2. The lowest BCUT2D eigenvalue weighted by Crippen LogP contribution is -2.43. The van der Waals surface area contributed by atoms with Crippen molar-refractivity contribution in [2.24, 2.45) is 13.0 Å². The molecule has 1 aliphatic rings. The van der Waals surface area contributed by atoms with Gasteiger partial charge in [-0.05, 0) is 48.6 Å². The summed E-state index contributed by atoms with van der Waals surface area (Å²) >= 11 is 0. The van der Waals surface area contributed by atoms with Crippen molar-refractivity contribution >= 4 is 21.7 Å². The highest BCUT2D eigenvalue weighted by molar-refractivity contribution is 7.92. The average molecular weight is 630 g/mol. The van der Waals surface area contributed by atoms with Crippen molar-refractivity contribution < 1.29 is 26.3 Å². The molecule has 5 rings (SSSR count). The summed E-state index contributed by atoms with van der Waals surface area (Å²) in [5.74, 6) is -0.975. The molecule has 0 unspecified atom stereocenters. The van der Waals surface area contributed by atoms with Gasteiger partial charge in [-0.2, -0.15) is 23.3 Å². The summed E-state index contributed by atoms with van der Waals surface area (Å²) in [6, 6.07) is 13.3. The van der Waals surface area contributed by atoms with Crippen LogP contribution in [0, 0.1) is 5.92 Å². The van der Waals surface area contributed by atoms with E-state index in [2.05, 4.69) is 30.0 Å². The number of aryl methyl sites for hydroxylation is 2. The minimum absolute atomic E-state index is 0.105. The summed E-state index contributed by atoms with van der Waals surface area (Å²) in [4.78, 5) is 10.1. The number of nitrogens with zero attached hydrogens (tertiary/aromatic N) is 5. The van der Waals surface area contributed by atoms with Gasteiger partial charge in [0.25, 0.3) is 10.0 Å². The zero-order valence-corrected chi connectivity index (χ0v) is 25.4. The van der Waals surface area contributed by atoms with Crippen LogP contribution in [0.1, 0.15) is 31.4 Å². The summed E-state index contributed by atoms with van der Waals surface area (Å²) in [5.41, 5.74) is 0.0665. The predicted octanol–water partition coefficient (Wildman–Crippen LogP) is 5.49. The Morgan fingerprint density at radius 2 is 1.75 bits per heavy atom. The lowest BCUT2D eigenvalue weighted by Gasteiger charge is -2.29. The van der Waals surface area contributed by atoms with Gasteiger partial charge in [-0.15, -0.1) is 0 Å². The number of anilines is 2. The van der Waals surface area contributed by atoms with E-state index in [9.17, 15) is 21.6 Å². The van der Waals surface area contributed by atoms with E-state index >= 15 is 0 Å². The van der Waals surface area contributed by atoms with Crippen LogP contribution in [0.4, 0.5) is 24.8 Å². The zero-order valence-electron chi connectivity index (χ0n) is 24.6. The third-order valence-corrected chi connectivity index (χ3v) is 8.46. The number of nitrogens with one attached hydrogen (secondary N) is 2. The Bertz CT molecular complexity index is 1700. The minimum atomic E-state index is -4.93. The first kappa shape index (κ1) is 31.3. The fourth-order valence-corrected chi connectivity index (χ4v) is 5.83. The van der Waals surface area contributed by atoms with Crippen LogP contribution in [-0.2, 0) is 29.7 Å². The molecular formula is C30H34F3N7O3S. The van der Waals surface area contributed by atoms with Crippen molar-refractivity contribution in [3.63, 3.8) is 0 Å². The van der Waals surface area contributed by atoms with Gasteiger partial charge in [0.15, 0.2) is 0 Å². The second-order valence-corrected chi connectivity index (χ2v) is 12.6. The fraction of sp³-hybridized carbons (Fsp3) is 0.367. The molecular weight excluding hydrogens is 595 g/mol. The summed E-state index contributed by atoms with van der Waals surface area (Å²) in [6.07, 6.45) is -1.34. The predicted molar refractivity (Wildman–Crippen MR) is 161 cm³/mol. The molecule has 0 atom stereocenters. The first-order valence-electron chi connectivity index (χ1n) is 14.2. The molecule has 234 valence electrons. The maximum atomic E-state index is 14.9. The molecule has 3 heterocycles. The van der Waals surface area contributed by atoms with Crippen molar-refractivity contribution in [3.05, 3.63) is 72.1 Å². The van der Waals surface area contributed by atoms with E-state index in [-0.39, 0.29) is 16.2 Å². The molecule has 4 aromatic rings. The van der Waals surface area contributed by atoms with Crippen LogP contribution < -0.4 is 19.7 Å². The maximum Gasteiger partial charge on any atom is 0.423 e. The van der Waals surface area contributed by atoms with Gasteiger partial charge in [0.2, 0.25) is 11.8 Å². The molecule has 0 amide bonds. The maximum absolute atomic E-state index is 14.9. The van der Waals surface area contributed by atoms with Crippen LogP contribution in [0.5, 0.6) is 11.6 Å². The standard InChI is InChI=1S/C30H34F3N7O3S/c1-20(2)8-9-21-6-4-5-7-25(21)27-26(30(31,32)33)28(37-29(36-27)38-44(41,42)24-18-35-39(3)19-24)43-23-12-10-22(11-13-23)40-16-14-34-15-17-40/h4-7,10-13,18-20,34H,8-9,14-17H2,1-3H3,(H,36,37,38). The number of piperazine rings is 1. The molecule has 0 bridgehead atoms. The van der Waals surface area contributed by atoms with Crippen LogP contribution >= 0.6 is 0 Å². The Hall–Kier alpha value is -4.17. The molecule has 2 aromatic carbocycles. The third kappa shape index (κ3) is 7.30. The Balaban J connectivity index is 1.62. The topological polar surface area (TPSA) is 114 Å². The largest absolute Gasteiger partial charge is 0.438 e. The Labute approximate surface area is 254 Å². The summed E-state index contributed by atoms with van der Waals surface area (Å²) in [7, 11) is -2.74. The van der Waals surface area contributed by atoms with Gasteiger partial charge in [-0.25, -0.2) is 18.1 Å². The van der Waals surface area contributed by atoms with Crippen LogP contribution in [-0.4, -0.2) is 54.3 Å². The molecule has 1 fully saturated rings. The molecule has 2 aromatic heterocycles. The van der Waals surface area contributed by atoms with Gasteiger partial charge in [0.05, 0.1) is 11.9 Å². The van der Waals surface area contributed by atoms with Crippen molar-refractivity contribution in [2.45, 2.75) is 37.8 Å². The lowest BCUT2D eigenvalue weighted by molar-refractivity contribution is -0.138. The molecule has 14 heteroatoms. The molecule has 2 N–H and O–H groups in total. The third-order valence-electron chi connectivity index (χ3n) is 7.17. The van der Waals surface area contributed by atoms with Crippen molar-refractivity contribution in [2.75, 3.05) is 35.8 Å². The SMILES string of the molecule is CC(C)CCc1ccccc1-c1nc(NS(=O)(=O)c2cnn(C)c2)nc(Oc2ccc(N3CCNCC3)cc2)c1C(F)(F)F. The van der Waals surface area contributed by atoms with E-state index in [1.165, 1.54) is 10.9 Å². The van der Waals surface area contributed by atoms with Gasteiger partial charge in [-0.1, -0.05) is 38.1 Å². The number of hydrogen-bond donors (Lipinski definition) is 2. The number of ether oxygens (including phenoxy) is 1. The Morgan fingerprint density at radius 1 is 1.05 bits per heavy atom. The zero-order chi connectivity index (χ0) is 31.5. The molecule has 0 radical (unpaired) electrons. The van der Waals surface area contributed by atoms with Gasteiger partial charge in [0, 0.05) is 50.7 Å². The molecule has 0 spiro atoms. The molecule has 44 heavy (non-hydrogen) atoms. The first-order chi connectivity index (χ1) is 20.9. The number of benzene rings is 2. The normalized spacial score (nSPS) is 14.2. The second kappa shape index (κ2) is 12.8. The summed E-state index contributed by atoms with van der Waals surface area (Å²) in [5, 5.41) is 7.15. The second-order valence-electron chi connectivity index (χ2n) is 11.0. The smallest absolute Gasteiger partial charge is 0.423 e. The van der Waals surface area contributed by atoms with Crippen LogP contribution in [0.3, 0.4) is 0 Å². The van der Waals surface area contributed by atoms with E-state index in [1.54, 1.807) is 55.6 Å². The minimum Gasteiger partial charge on any atom is -0.438 e. The molecule has 0 saturated carbocycles. The van der Waals surface area contributed by atoms with E-state index < -0.39 is 39.3 Å². The Kier molecular flexibility index (Phi) is 9.11. The number of aromatic nitrogens is 4. The highest BCUT2D eigenvalue weighted by Gasteiger charge is 2.41. The number of halogens is 3. The number of rotatable bonds is 10. The van der Waals surface area contributed by atoms with E-state index in [0.29, 0.717) is 17.9 Å². The van der Waals surface area contributed by atoms with Gasteiger partial charge in [0.1, 0.15) is 16.2 Å². The van der Waals surface area contributed by atoms with Crippen molar-refractivity contribution in [1.82, 2.24) is 25.1 Å². The van der Waals surface area contributed by atoms with E-state index in [1.807, 2.05) is 13.8 Å². The van der Waals surface area contributed by atoms with Crippen LogP contribution in [0.2, 0.25) is 0 Å². The highest BCUT2D eigenvalue weighted by Crippen LogP contribution is 2.44. The van der Waals surface area contributed by atoms with Gasteiger partial charge in [-0.3, -0.25) is 4.68 Å². The molecule has 10 nitrogen and oxygen atoms in total. The van der Waals surface area contributed by atoms with Gasteiger partial charge >= 0.3 is 6.18 Å². The summed E-state index contributed by atoms with van der Waals surface area (Å²) in [6.45, 7) is 7.30. The molecule has 1 saturated heterocycles. The van der Waals surface area contributed by atoms with E-state index in [0.717, 1.165) is 44.5 Å². The monoisotopic (exact) mass is 629 g/mol. The molecule has 0 aliphatic carbocycles.